The molecule has 3 nitrogen and oxygen atoms in total. The SMILES string of the molecule is CCCCC(=O)OCCc1nc2ccccc2s1. The van der Waals surface area contributed by atoms with E-state index in [1.807, 2.05) is 18.2 Å². The van der Waals surface area contributed by atoms with E-state index in [2.05, 4.69) is 18.0 Å². The van der Waals surface area contributed by atoms with Crippen molar-refractivity contribution in [3.8, 4) is 0 Å². The van der Waals surface area contributed by atoms with Gasteiger partial charge in [0.25, 0.3) is 0 Å². The first-order chi connectivity index (χ1) is 8.79. The summed E-state index contributed by atoms with van der Waals surface area (Å²) in [4.78, 5) is 15.8. The van der Waals surface area contributed by atoms with Crippen molar-refractivity contribution in [1.82, 2.24) is 4.98 Å². The molecule has 0 unspecified atom stereocenters. The molecule has 0 aliphatic heterocycles. The highest BCUT2D eigenvalue weighted by Gasteiger charge is 2.05. The molecule has 4 heteroatoms. The first-order valence-corrected chi connectivity index (χ1v) is 7.11. The maximum atomic E-state index is 11.3. The number of benzene rings is 1. The molecule has 0 aliphatic carbocycles. The number of nitrogens with zero attached hydrogens (tertiary/aromatic N) is 1. The lowest BCUT2D eigenvalue weighted by Crippen LogP contribution is -2.07. The molecule has 2 aromatic rings. The third-order valence-corrected chi connectivity index (χ3v) is 3.75. The summed E-state index contributed by atoms with van der Waals surface area (Å²) >= 11 is 1.66. The number of carbonyl (C=O) groups is 1. The standard InChI is InChI=1S/C14H17NO2S/c1-2-3-8-14(16)17-10-9-13-15-11-6-4-5-7-12(11)18-13/h4-7H,2-3,8-10H2,1H3. The highest BCUT2D eigenvalue weighted by Crippen LogP contribution is 2.21. The summed E-state index contributed by atoms with van der Waals surface area (Å²) in [5, 5.41) is 1.03. The minimum Gasteiger partial charge on any atom is -0.465 e. The predicted molar refractivity (Wildman–Crippen MR) is 73.8 cm³/mol. The third kappa shape index (κ3) is 3.53. The number of para-hydroxylation sites is 1. The van der Waals surface area contributed by atoms with Crippen molar-refractivity contribution in [2.24, 2.45) is 0 Å². The van der Waals surface area contributed by atoms with Crippen LogP contribution in [0.1, 0.15) is 31.2 Å². The normalized spacial score (nSPS) is 10.7. The molecule has 2 rings (SSSR count). The number of hydrogen-bond acceptors (Lipinski definition) is 4. The maximum absolute atomic E-state index is 11.3. The Bertz CT molecular complexity index is 488. The highest BCUT2D eigenvalue weighted by molar-refractivity contribution is 7.18. The Labute approximate surface area is 111 Å². The lowest BCUT2D eigenvalue weighted by Gasteiger charge is -2.02. The molecule has 96 valence electrons. The van der Waals surface area contributed by atoms with Crippen molar-refractivity contribution >= 4 is 27.5 Å². The summed E-state index contributed by atoms with van der Waals surface area (Å²) in [7, 11) is 0. The number of fused-ring (bicyclic) bond motifs is 1. The van der Waals surface area contributed by atoms with Gasteiger partial charge in [-0.3, -0.25) is 4.79 Å². The minimum atomic E-state index is -0.0991. The zero-order valence-corrected chi connectivity index (χ0v) is 11.3. The number of ether oxygens (including phenoxy) is 1. The van der Waals surface area contributed by atoms with Crippen LogP contribution in [0.25, 0.3) is 10.2 Å². The summed E-state index contributed by atoms with van der Waals surface area (Å²) in [6.45, 7) is 2.50. The van der Waals surface area contributed by atoms with Crippen LogP contribution in [0.4, 0.5) is 0 Å². The first kappa shape index (κ1) is 13.0. The average Bonchev–Trinajstić information content (AvgIpc) is 2.79. The average molecular weight is 263 g/mol. The van der Waals surface area contributed by atoms with E-state index in [1.54, 1.807) is 11.3 Å². The second kappa shape index (κ2) is 6.50. The van der Waals surface area contributed by atoms with Crippen LogP contribution in [-0.2, 0) is 16.0 Å². The van der Waals surface area contributed by atoms with Crippen LogP contribution < -0.4 is 0 Å². The number of rotatable bonds is 6. The van der Waals surface area contributed by atoms with Gasteiger partial charge in [-0.2, -0.15) is 0 Å². The van der Waals surface area contributed by atoms with Gasteiger partial charge in [-0.15, -0.1) is 11.3 Å². The van der Waals surface area contributed by atoms with Gasteiger partial charge in [0.05, 0.1) is 21.8 Å². The number of hydrogen-bond donors (Lipinski definition) is 0. The van der Waals surface area contributed by atoms with Crippen molar-refractivity contribution in [3.63, 3.8) is 0 Å². The van der Waals surface area contributed by atoms with E-state index >= 15 is 0 Å². The van der Waals surface area contributed by atoms with Crippen molar-refractivity contribution in [2.75, 3.05) is 6.61 Å². The lowest BCUT2D eigenvalue weighted by molar-refractivity contribution is -0.143. The van der Waals surface area contributed by atoms with Gasteiger partial charge >= 0.3 is 5.97 Å². The predicted octanol–water partition coefficient (Wildman–Crippen LogP) is 3.57. The van der Waals surface area contributed by atoms with Gasteiger partial charge in [0.15, 0.2) is 0 Å². The van der Waals surface area contributed by atoms with Crippen molar-refractivity contribution in [3.05, 3.63) is 29.3 Å². The topological polar surface area (TPSA) is 39.2 Å². The number of carbonyl (C=O) groups excluding carboxylic acids is 1. The Balaban J connectivity index is 1.81. The molecule has 0 radical (unpaired) electrons. The Morgan fingerprint density at radius 2 is 2.22 bits per heavy atom. The summed E-state index contributed by atoms with van der Waals surface area (Å²) < 4.78 is 6.36. The Morgan fingerprint density at radius 1 is 1.39 bits per heavy atom. The van der Waals surface area contributed by atoms with E-state index in [0.29, 0.717) is 19.4 Å². The molecule has 0 amide bonds. The van der Waals surface area contributed by atoms with Gasteiger partial charge in [-0.05, 0) is 18.6 Å². The van der Waals surface area contributed by atoms with E-state index in [0.717, 1.165) is 23.4 Å². The van der Waals surface area contributed by atoms with E-state index in [4.69, 9.17) is 4.74 Å². The van der Waals surface area contributed by atoms with Crippen LogP contribution in [0.3, 0.4) is 0 Å². The Hall–Kier alpha value is -1.42. The Kier molecular flexibility index (Phi) is 4.70. The quantitative estimate of drug-likeness (QED) is 0.748. The van der Waals surface area contributed by atoms with Gasteiger partial charge in [-0.25, -0.2) is 4.98 Å². The summed E-state index contributed by atoms with van der Waals surface area (Å²) in [5.41, 5.74) is 1.02. The van der Waals surface area contributed by atoms with Gasteiger partial charge in [-0.1, -0.05) is 25.5 Å². The number of aromatic nitrogens is 1. The van der Waals surface area contributed by atoms with Crippen molar-refractivity contribution in [2.45, 2.75) is 32.6 Å². The smallest absolute Gasteiger partial charge is 0.305 e. The van der Waals surface area contributed by atoms with Crippen molar-refractivity contribution in [1.29, 1.82) is 0 Å². The van der Waals surface area contributed by atoms with Crippen LogP contribution in [0.2, 0.25) is 0 Å². The molecule has 1 heterocycles. The van der Waals surface area contributed by atoms with Crippen molar-refractivity contribution < 1.29 is 9.53 Å². The molecular formula is C14H17NO2S. The van der Waals surface area contributed by atoms with E-state index in [-0.39, 0.29) is 5.97 Å². The number of unbranched alkanes of at least 4 members (excludes halogenated alkanes) is 1. The molecule has 0 saturated heterocycles. The second-order valence-electron chi connectivity index (χ2n) is 4.15. The lowest BCUT2D eigenvalue weighted by atomic mass is 10.2. The monoisotopic (exact) mass is 263 g/mol. The van der Waals surface area contributed by atoms with Gasteiger partial charge in [0, 0.05) is 12.8 Å². The molecule has 0 atom stereocenters. The zero-order valence-electron chi connectivity index (χ0n) is 10.5. The molecule has 1 aromatic carbocycles. The third-order valence-electron chi connectivity index (χ3n) is 2.65. The van der Waals surface area contributed by atoms with E-state index < -0.39 is 0 Å². The summed E-state index contributed by atoms with van der Waals surface area (Å²) in [6, 6.07) is 8.05. The maximum Gasteiger partial charge on any atom is 0.305 e. The Morgan fingerprint density at radius 3 is 3.00 bits per heavy atom. The van der Waals surface area contributed by atoms with Gasteiger partial charge < -0.3 is 4.74 Å². The van der Waals surface area contributed by atoms with Crippen LogP contribution in [0, 0.1) is 0 Å². The highest BCUT2D eigenvalue weighted by atomic mass is 32.1. The van der Waals surface area contributed by atoms with Crippen LogP contribution in [-0.4, -0.2) is 17.6 Å². The molecular weight excluding hydrogens is 246 g/mol. The second-order valence-corrected chi connectivity index (χ2v) is 5.26. The van der Waals surface area contributed by atoms with Gasteiger partial charge in [0.1, 0.15) is 0 Å². The molecule has 0 aliphatic rings. The fourth-order valence-corrected chi connectivity index (χ4v) is 2.62. The van der Waals surface area contributed by atoms with Crippen LogP contribution in [0.15, 0.2) is 24.3 Å². The first-order valence-electron chi connectivity index (χ1n) is 6.29. The van der Waals surface area contributed by atoms with E-state index in [9.17, 15) is 4.79 Å². The molecule has 1 aromatic heterocycles. The fraction of sp³-hybridized carbons (Fsp3) is 0.429. The number of esters is 1. The fourth-order valence-electron chi connectivity index (χ4n) is 1.67. The largest absolute Gasteiger partial charge is 0.465 e. The molecule has 0 bridgehead atoms. The van der Waals surface area contributed by atoms with E-state index in [1.165, 1.54) is 4.70 Å². The summed E-state index contributed by atoms with van der Waals surface area (Å²) in [6.07, 6.45) is 3.15. The molecule has 0 N–H and O–H groups in total. The van der Waals surface area contributed by atoms with Gasteiger partial charge in [0.2, 0.25) is 0 Å². The molecule has 0 spiro atoms. The molecule has 0 saturated carbocycles. The minimum absolute atomic E-state index is 0.0991. The van der Waals surface area contributed by atoms with Crippen LogP contribution in [0.5, 0.6) is 0 Å². The summed E-state index contributed by atoms with van der Waals surface area (Å²) in [5.74, 6) is -0.0991. The zero-order chi connectivity index (χ0) is 12.8. The number of thiazole rings is 1. The molecule has 18 heavy (non-hydrogen) atoms. The van der Waals surface area contributed by atoms with Crippen LogP contribution >= 0.6 is 11.3 Å². The molecule has 0 fully saturated rings.